The molecule has 0 unspecified atom stereocenters. The lowest BCUT2D eigenvalue weighted by atomic mass is 9.84. The van der Waals surface area contributed by atoms with E-state index in [-0.39, 0.29) is 24.4 Å². The van der Waals surface area contributed by atoms with Crippen LogP contribution in [-0.4, -0.2) is 19.0 Å². The molecule has 1 rings (SSSR count). The molecule has 3 nitrogen and oxygen atoms in total. The summed E-state index contributed by atoms with van der Waals surface area (Å²) in [6, 6.07) is -0.282. The van der Waals surface area contributed by atoms with E-state index in [9.17, 15) is 4.79 Å². The fraction of sp³-hybridized carbons (Fsp3) is 0.889. The lowest BCUT2D eigenvalue weighted by Crippen LogP contribution is -2.44. The van der Waals surface area contributed by atoms with Crippen LogP contribution in [0.4, 0.5) is 0 Å². The van der Waals surface area contributed by atoms with Crippen molar-refractivity contribution in [3.63, 3.8) is 0 Å². The second-order valence-corrected chi connectivity index (χ2v) is 3.54. The van der Waals surface area contributed by atoms with Gasteiger partial charge in [-0.05, 0) is 18.8 Å². The van der Waals surface area contributed by atoms with E-state index in [0.717, 1.165) is 12.8 Å². The maximum Gasteiger partial charge on any atom is 0.236 e. The van der Waals surface area contributed by atoms with E-state index >= 15 is 0 Å². The highest BCUT2D eigenvalue weighted by Gasteiger charge is 2.24. The van der Waals surface area contributed by atoms with Crippen LogP contribution in [0.5, 0.6) is 0 Å². The van der Waals surface area contributed by atoms with Crippen molar-refractivity contribution < 1.29 is 4.79 Å². The van der Waals surface area contributed by atoms with E-state index in [4.69, 9.17) is 5.73 Å². The van der Waals surface area contributed by atoms with Gasteiger partial charge >= 0.3 is 0 Å². The summed E-state index contributed by atoms with van der Waals surface area (Å²) in [4.78, 5) is 11.2. The number of hydrogen-bond acceptors (Lipinski definition) is 2. The molecule has 78 valence electrons. The lowest BCUT2D eigenvalue weighted by Gasteiger charge is -2.25. The summed E-state index contributed by atoms with van der Waals surface area (Å²) in [5, 5.41) is 2.60. The SMILES string of the molecule is CNC(=O)[C@@H](N)C1CCCCC1.Cl. The number of halogens is 1. The van der Waals surface area contributed by atoms with Crippen molar-refractivity contribution in [1.82, 2.24) is 5.32 Å². The summed E-state index contributed by atoms with van der Waals surface area (Å²) < 4.78 is 0. The van der Waals surface area contributed by atoms with Crippen LogP contribution in [0, 0.1) is 5.92 Å². The van der Waals surface area contributed by atoms with E-state index in [2.05, 4.69) is 5.32 Å². The summed E-state index contributed by atoms with van der Waals surface area (Å²) in [6.07, 6.45) is 6.00. The van der Waals surface area contributed by atoms with Crippen molar-refractivity contribution in [3.05, 3.63) is 0 Å². The average molecular weight is 207 g/mol. The van der Waals surface area contributed by atoms with Crippen molar-refractivity contribution in [3.8, 4) is 0 Å². The average Bonchev–Trinajstić information content (AvgIpc) is 2.17. The van der Waals surface area contributed by atoms with E-state index in [1.165, 1.54) is 19.3 Å². The van der Waals surface area contributed by atoms with Gasteiger partial charge in [-0.2, -0.15) is 0 Å². The van der Waals surface area contributed by atoms with E-state index < -0.39 is 0 Å². The summed E-state index contributed by atoms with van der Waals surface area (Å²) in [5.74, 6) is 0.403. The fourth-order valence-corrected chi connectivity index (χ4v) is 1.87. The summed E-state index contributed by atoms with van der Waals surface area (Å²) in [5.41, 5.74) is 5.79. The zero-order valence-electron chi connectivity index (χ0n) is 8.08. The first-order valence-electron chi connectivity index (χ1n) is 4.73. The van der Waals surface area contributed by atoms with Crippen LogP contribution in [0.3, 0.4) is 0 Å². The molecule has 1 saturated carbocycles. The van der Waals surface area contributed by atoms with Gasteiger partial charge < -0.3 is 11.1 Å². The van der Waals surface area contributed by atoms with Crippen LogP contribution in [0.15, 0.2) is 0 Å². The second kappa shape index (κ2) is 6.22. The van der Waals surface area contributed by atoms with Crippen LogP contribution in [0.25, 0.3) is 0 Å². The number of rotatable bonds is 2. The molecule has 1 aliphatic carbocycles. The Balaban J connectivity index is 0.00000144. The van der Waals surface area contributed by atoms with Gasteiger partial charge in [-0.3, -0.25) is 4.79 Å². The van der Waals surface area contributed by atoms with E-state index in [1.54, 1.807) is 7.05 Å². The van der Waals surface area contributed by atoms with Crippen LogP contribution >= 0.6 is 12.4 Å². The number of hydrogen-bond donors (Lipinski definition) is 2. The van der Waals surface area contributed by atoms with Gasteiger partial charge in [-0.25, -0.2) is 0 Å². The van der Waals surface area contributed by atoms with Crippen molar-refractivity contribution in [1.29, 1.82) is 0 Å². The monoisotopic (exact) mass is 206 g/mol. The molecule has 13 heavy (non-hydrogen) atoms. The van der Waals surface area contributed by atoms with Crippen molar-refractivity contribution in [2.45, 2.75) is 38.1 Å². The summed E-state index contributed by atoms with van der Waals surface area (Å²) in [6.45, 7) is 0. The maximum absolute atomic E-state index is 11.2. The molecule has 3 N–H and O–H groups in total. The molecular formula is C9H19ClN2O. The van der Waals surface area contributed by atoms with Gasteiger partial charge in [0.1, 0.15) is 0 Å². The Morgan fingerprint density at radius 3 is 2.38 bits per heavy atom. The minimum atomic E-state index is -0.282. The number of amides is 1. The van der Waals surface area contributed by atoms with Gasteiger partial charge in [0.05, 0.1) is 6.04 Å². The van der Waals surface area contributed by atoms with Crippen molar-refractivity contribution >= 4 is 18.3 Å². The van der Waals surface area contributed by atoms with Gasteiger partial charge in [0.25, 0.3) is 0 Å². The highest BCUT2D eigenvalue weighted by atomic mass is 35.5. The maximum atomic E-state index is 11.2. The third-order valence-corrected chi connectivity index (χ3v) is 2.71. The number of carbonyl (C=O) groups excluding carboxylic acids is 1. The summed E-state index contributed by atoms with van der Waals surface area (Å²) in [7, 11) is 1.64. The fourth-order valence-electron chi connectivity index (χ4n) is 1.87. The molecule has 0 saturated heterocycles. The molecule has 1 aliphatic rings. The first kappa shape index (κ1) is 12.7. The normalized spacial score (nSPS) is 20.2. The van der Waals surface area contributed by atoms with E-state index in [1.807, 2.05) is 0 Å². The Bertz CT molecular complexity index is 158. The third kappa shape index (κ3) is 3.53. The first-order chi connectivity index (χ1) is 5.75. The quantitative estimate of drug-likeness (QED) is 0.710. The Hall–Kier alpha value is -0.280. The molecule has 1 amide bonds. The topological polar surface area (TPSA) is 55.1 Å². The molecular weight excluding hydrogens is 188 g/mol. The summed E-state index contributed by atoms with van der Waals surface area (Å²) >= 11 is 0. The van der Waals surface area contributed by atoms with Crippen LogP contribution in [0.1, 0.15) is 32.1 Å². The molecule has 0 aliphatic heterocycles. The van der Waals surface area contributed by atoms with Gasteiger partial charge in [0.2, 0.25) is 5.91 Å². The highest BCUT2D eigenvalue weighted by molar-refractivity contribution is 5.85. The Labute approximate surface area is 85.9 Å². The standard InChI is InChI=1S/C9H18N2O.ClH/c1-11-9(12)8(10)7-5-3-2-4-6-7;/h7-8H,2-6,10H2,1H3,(H,11,12);1H/t8-;/m0./s1. The highest BCUT2D eigenvalue weighted by Crippen LogP contribution is 2.25. The molecule has 0 aromatic heterocycles. The molecule has 0 heterocycles. The molecule has 4 heteroatoms. The number of nitrogens with one attached hydrogen (secondary N) is 1. The Morgan fingerprint density at radius 2 is 1.92 bits per heavy atom. The molecule has 1 fully saturated rings. The van der Waals surface area contributed by atoms with Crippen molar-refractivity contribution in [2.75, 3.05) is 7.05 Å². The van der Waals surface area contributed by atoms with Gasteiger partial charge in [0.15, 0.2) is 0 Å². The number of likely N-dealkylation sites (N-methyl/N-ethyl adjacent to an activating group) is 1. The zero-order valence-corrected chi connectivity index (χ0v) is 8.90. The molecule has 0 bridgehead atoms. The number of carbonyl (C=O) groups is 1. The van der Waals surface area contributed by atoms with E-state index in [0.29, 0.717) is 5.92 Å². The molecule has 0 radical (unpaired) electrons. The van der Waals surface area contributed by atoms with Gasteiger partial charge in [0, 0.05) is 7.05 Å². The minimum Gasteiger partial charge on any atom is -0.358 e. The molecule has 1 atom stereocenters. The van der Waals surface area contributed by atoms with Crippen molar-refractivity contribution in [2.24, 2.45) is 11.7 Å². The lowest BCUT2D eigenvalue weighted by molar-refractivity contribution is -0.123. The molecule has 0 aromatic rings. The molecule has 0 aromatic carbocycles. The Morgan fingerprint density at radius 1 is 1.38 bits per heavy atom. The number of nitrogens with two attached hydrogens (primary N) is 1. The predicted molar refractivity (Wildman–Crippen MR) is 55.9 cm³/mol. The Kier molecular flexibility index (Phi) is 6.08. The predicted octanol–water partition coefficient (Wildman–Crippen LogP) is 1.06. The van der Waals surface area contributed by atoms with Crippen LogP contribution in [-0.2, 0) is 4.79 Å². The third-order valence-electron chi connectivity index (χ3n) is 2.71. The minimum absolute atomic E-state index is 0. The van der Waals surface area contributed by atoms with Crippen LogP contribution in [0.2, 0.25) is 0 Å². The van der Waals surface area contributed by atoms with Gasteiger partial charge in [-0.15, -0.1) is 12.4 Å². The smallest absolute Gasteiger partial charge is 0.236 e. The zero-order chi connectivity index (χ0) is 8.97. The van der Waals surface area contributed by atoms with Crippen LogP contribution < -0.4 is 11.1 Å². The first-order valence-corrected chi connectivity index (χ1v) is 4.73. The van der Waals surface area contributed by atoms with Gasteiger partial charge in [-0.1, -0.05) is 19.3 Å². The second-order valence-electron chi connectivity index (χ2n) is 3.54. The molecule has 0 spiro atoms. The largest absolute Gasteiger partial charge is 0.358 e.